The summed E-state index contributed by atoms with van der Waals surface area (Å²) < 4.78 is 0. The maximum atomic E-state index is 12.6. The van der Waals surface area contributed by atoms with E-state index in [1.807, 2.05) is 19.1 Å². The van der Waals surface area contributed by atoms with Gasteiger partial charge in [0, 0.05) is 24.8 Å². The lowest BCUT2D eigenvalue weighted by molar-refractivity contribution is 0.177. The number of aromatic nitrogens is 1. The van der Waals surface area contributed by atoms with E-state index in [1.54, 1.807) is 6.20 Å². The van der Waals surface area contributed by atoms with E-state index >= 15 is 0 Å². The molecule has 1 aliphatic rings. The molecular weight excluding hydrogens is 302 g/mol. The number of amides is 2. The summed E-state index contributed by atoms with van der Waals surface area (Å²) in [5.74, 6) is 0.402. The highest BCUT2D eigenvalue weighted by Gasteiger charge is 2.27. The summed E-state index contributed by atoms with van der Waals surface area (Å²) in [5, 5.41) is 15.8. The Hall–Kier alpha value is -1.62. The summed E-state index contributed by atoms with van der Waals surface area (Å²) in [4.78, 5) is 17.0. The monoisotopic (exact) mass is 333 g/mol. The Kier molecular flexibility index (Phi) is 7.03. The number of aliphatic hydroxyl groups is 1. The van der Waals surface area contributed by atoms with Crippen molar-refractivity contribution in [3.8, 4) is 0 Å². The average Bonchev–Trinajstić information content (AvgIpc) is 2.78. The van der Waals surface area contributed by atoms with Crippen LogP contribution in [0.25, 0.3) is 0 Å². The van der Waals surface area contributed by atoms with E-state index < -0.39 is 0 Å². The minimum absolute atomic E-state index is 0.0511. The molecule has 1 aromatic heterocycles. The van der Waals surface area contributed by atoms with Gasteiger partial charge >= 0.3 is 6.03 Å². The number of rotatable bonds is 5. The van der Waals surface area contributed by atoms with E-state index in [-0.39, 0.29) is 36.6 Å². The second-order valence-electron chi connectivity index (χ2n) is 7.23. The van der Waals surface area contributed by atoms with E-state index in [1.165, 1.54) is 6.42 Å². The maximum absolute atomic E-state index is 12.6. The summed E-state index contributed by atoms with van der Waals surface area (Å²) in [6.45, 7) is 6.32. The molecule has 0 saturated heterocycles. The predicted octanol–water partition coefficient (Wildman–Crippen LogP) is 3.33. The Labute approximate surface area is 145 Å². The summed E-state index contributed by atoms with van der Waals surface area (Å²) in [7, 11) is 0. The molecule has 0 radical (unpaired) electrons. The molecule has 1 heterocycles. The van der Waals surface area contributed by atoms with Gasteiger partial charge in [-0.3, -0.25) is 4.98 Å². The van der Waals surface area contributed by atoms with Crippen molar-refractivity contribution >= 4 is 6.03 Å². The molecule has 3 atom stereocenters. The lowest BCUT2D eigenvalue weighted by Gasteiger charge is -2.28. The highest BCUT2D eigenvalue weighted by Crippen LogP contribution is 2.25. The first kappa shape index (κ1) is 18.7. The number of aryl methyl sites for hydroxylation is 1. The van der Waals surface area contributed by atoms with Gasteiger partial charge in [-0.05, 0) is 37.3 Å². The first-order valence-corrected chi connectivity index (χ1v) is 9.12. The van der Waals surface area contributed by atoms with Crippen molar-refractivity contribution in [2.75, 3.05) is 6.61 Å². The lowest BCUT2D eigenvalue weighted by atomic mass is 9.95. The molecule has 1 saturated carbocycles. The quantitative estimate of drug-likeness (QED) is 0.724. The van der Waals surface area contributed by atoms with Gasteiger partial charge < -0.3 is 15.7 Å². The van der Waals surface area contributed by atoms with Gasteiger partial charge in [0.05, 0.1) is 11.7 Å². The van der Waals surface area contributed by atoms with Crippen LogP contribution >= 0.6 is 0 Å². The number of carbonyl (C=O) groups excluding carboxylic acids is 1. The van der Waals surface area contributed by atoms with Crippen LogP contribution in [-0.2, 0) is 0 Å². The summed E-state index contributed by atoms with van der Waals surface area (Å²) in [6.07, 6.45) is 7.10. The number of urea groups is 1. The van der Waals surface area contributed by atoms with Gasteiger partial charge in [0.25, 0.3) is 0 Å². The van der Waals surface area contributed by atoms with E-state index in [2.05, 4.69) is 29.5 Å². The lowest BCUT2D eigenvalue weighted by Crippen LogP contribution is -2.48. The van der Waals surface area contributed by atoms with Crippen LogP contribution in [-0.4, -0.2) is 28.8 Å². The first-order chi connectivity index (χ1) is 11.5. The van der Waals surface area contributed by atoms with Crippen LogP contribution in [0.3, 0.4) is 0 Å². The Balaban J connectivity index is 2.04. The van der Waals surface area contributed by atoms with Crippen molar-refractivity contribution < 1.29 is 9.90 Å². The molecular formula is C19H31N3O2. The second kappa shape index (κ2) is 9.02. The molecule has 0 bridgehead atoms. The maximum Gasteiger partial charge on any atom is 0.315 e. The van der Waals surface area contributed by atoms with Gasteiger partial charge in [-0.2, -0.15) is 0 Å². The van der Waals surface area contributed by atoms with Gasteiger partial charge in [0.1, 0.15) is 0 Å². The van der Waals surface area contributed by atoms with Crippen molar-refractivity contribution in [2.24, 2.45) is 11.8 Å². The molecule has 2 amide bonds. The third-order valence-corrected chi connectivity index (χ3v) is 5.01. The predicted molar refractivity (Wildman–Crippen MR) is 95.7 cm³/mol. The molecule has 24 heavy (non-hydrogen) atoms. The fourth-order valence-electron chi connectivity index (χ4n) is 3.52. The Morgan fingerprint density at radius 3 is 2.75 bits per heavy atom. The fourth-order valence-corrected chi connectivity index (χ4v) is 3.52. The first-order valence-electron chi connectivity index (χ1n) is 9.12. The zero-order valence-corrected chi connectivity index (χ0v) is 15.1. The molecule has 0 aromatic carbocycles. The van der Waals surface area contributed by atoms with E-state index in [4.69, 9.17) is 0 Å². The zero-order valence-electron chi connectivity index (χ0n) is 15.1. The van der Waals surface area contributed by atoms with Crippen molar-refractivity contribution in [1.29, 1.82) is 0 Å². The number of nitrogens with zero attached hydrogens (tertiary/aromatic N) is 1. The van der Waals surface area contributed by atoms with Crippen LogP contribution in [0, 0.1) is 18.8 Å². The molecule has 0 aliphatic heterocycles. The molecule has 1 aliphatic carbocycles. The van der Waals surface area contributed by atoms with E-state index in [0.29, 0.717) is 0 Å². The standard InChI is InChI=1S/C19H31N3O2/c1-13(2)17(18-14(3)8-7-11-20-18)22-19(24)21-16-10-6-4-5-9-15(16)12-23/h7-8,11,13,15-17,23H,4-6,9-10,12H2,1-3H3,(H2,21,22,24). The third kappa shape index (κ3) is 4.94. The van der Waals surface area contributed by atoms with Crippen LogP contribution in [0.4, 0.5) is 4.79 Å². The Bertz CT molecular complexity index is 533. The number of hydrogen-bond donors (Lipinski definition) is 3. The van der Waals surface area contributed by atoms with Crippen LogP contribution in [0.1, 0.15) is 63.3 Å². The van der Waals surface area contributed by atoms with Crippen LogP contribution in [0.5, 0.6) is 0 Å². The van der Waals surface area contributed by atoms with Gasteiger partial charge in [-0.15, -0.1) is 0 Å². The van der Waals surface area contributed by atoms with Crippen LogP contribution in [0.2, 0.25) is 0 Å². The zero-order chi connectivity index (χ0) is 17.5. The van der Waals surface area contributed by atoms with Crippen LogP contribution < -0.4 is 10.6 Å². The largest absolute Gasteiger partial charge is 0.396 e. The van der Waals surface area contributed by atoms with Gasteiger partial charge in [0.2, 0.25) is 0 Å². The van der Waals surface area contributed by atoms with Gasteiger partial charge in [-0.25, -0.2) is 4.79 Å². The molecule has 2 rings (SSSR count). The fraction of sp³-hybridized carbons (Fsp3) is 0.684. The second-order valence-corrected chi connectivity index (χ2v) is 7.23. The molecule has 1 aromatic rings. The van der Waals surface area contributed by atoms with Crippen molar-refractivity contribution in [1.82, 2.24) is 15.6 Å². The molecule has 1 fully saturated rings. The van der Waals surface area contributed by atoms with Crippen LogP contribution in [0.15, 0.2) is 18.3 Å². The minimum Gasteiger partial charge on any atom is -0.396 e. The highest BCUT2D eigenvalue weighted by molar-refractivity contribution is 5.74. The molecule has 5 nitrogen and oxygen atoms in total. The van der Waals surface area contributed by atoms with Crippen molar-refractivity contribution in [3.63, 3.8) is 0 Å². The van der Waals surface area contributed by atoms with Crippen molar-refractivity contribution in [2.45, 2.75) is 65.0 Å². The number of aliphatic hydroxyl groups excluding tert-OH is 1. The molecule has 134 valence electrons. The summed E-state index contributed by atoms with van der Waals surface area (Å²) in [6, 6.07) is 3.70. The number of carbonyl (C=O) groups is 1. The number of nitrogens with one attached hydrogen (secondary N) is 2. The molecule has 3 N–H and O–H groups in total. The average molecular weight is 333 g/mol. The number of hydrogen-bond acceptors (Lipinski definition) is 3. The number of pyridine rings is 1. The molecule has 3 unspecified atom stereocenters. The van der Waals surface area contributed by atoms with Gasteiger partial charge in [-0.1, -0.05) is 39.2 Å². The van der Waals surface area contributed by atoms with Gasteiger partial charge in [0.15, 0.2) is 0 Å². The Morgan fingerprint density at radius 2 is 2.08 bits per heavy atom. The molecule has 5 heteroatoms. The third-order valence-electron chi connectivity index (χ3n) is 5.01. The highest BCUT2D eigenvalue weighted by atomic mass is 16.3. The van der Waals surface area contributed by atoms with E-state index in [0.717, 1.165) is 36.9 Å². The topological polar surface area (TPSA) is 74.2 Å². The smallest absolute Gasteiger partial charge is 0.315 e. The van der Waals surface area contributed by atoms with Crippen molar-refractivity contribution in [3.05, 3.63) is 29.6 Å². The SMILES string of the molecule is Cc1cccnc1C(NC(=O)NC1CCCCCC1CO)C(C)C. The van der Waals surface area contributed by atoms with E-state index in [9.17, 15) is 9.90 Å². The Morgan fingerprint density at radius 1 is 1.33 bits per heavy atom. The summed E-state index contributed by atoms with van der Waals surface area (Å²) >= 11 is 0. The normalized spacial score (nSPS) is 22.7. The molecule has 0 spiro atoms. The summed E-state index contributed by atoms with van der Waals surface area (Å²) in [5.41, 5.74) is 2.00. The minimum atomic E-state index is -0.163.